The number of fused-ring (bicyclic) bond motifs is 1. The fourth-order valence-electron chi connectivity index (χ4n) is 1.99. The van der Waals surface area contributed by atoms with Crippen LogP contribution in [0.1, 0.15) is 5.56 Å². The van der Waals surface area contributed by atoms with Gasteiger partial charge in [0.1, 0.15) is 16.7 Å². The second-order valence-electron chi connectivity index (χ2n) is 4.39. The van der Waals surface area contributed by atoms with Crippen molar-refractivity contribution < 1.29 is 4.39 Å². The number of benzene rings is 1. The van der Waals surface area contributed by atoms with Crippen molar-refractivity contribution in [1.29, 1.82) is 5.26 Å². The summed E-state index contributed by atoms with van der Waals surface area (Å²) in [6, 6.07) is 9.81. The first kappa shape index (κ1) is 14.5. The highest BCUT2D eigenvalue weighted by Crippen LogP contribution is 2.31. The van der Waals surface area contributed by atoms with Crippen molar-refractivity contribution in [2.75, 3.05) is 5.32 Å². The summed E-state index contributed by atoms with van der Waals surface area (Å²) in [6.45, 7) is 0. The topological polar surface area (TPSA) is 61.6 Å². The Morgan fingerprint density at radius 2 is 2.00 bits per heavy atom. The third-order valence-corrected chi connectivity index (χ3v) is 3.51. The molecule has 0 radical (unpaired) electrons. The first-order chi connectivity index (χ1) is 10.6. The number of halogens is 3. The van der Waals surface area contributed by atoms with Crippen LogP contribution in [0, 0.1) is 17.1 Å². The monoisotopic (exact) mass is 332 g/mol. The van der Waals surface area contributed by atoms with Crippen LogP contribution < -0.4 is 5.32 Å². The van der Waals surface area contributed by atoms with E-state index in [1.54, 1.807) is 18.2 Å². The maximum atomic E-state index is 14.1. The molecule has 108 valence electrons. The molecule has 1 aromatic carbocycles. The molecule has 3 aromatic rings. The van der Waals surface area contributed by atoms with E-state index < -0.39 is 5.82 Å². The molecule has 0 atom stereocenters. The van der Waals surface area contributed by atoms with Gasteiger partial charge in [-0.05, 0) is 24.3 Å². The van der Waals surface area contributed by atoms with E-state index in [9.17, 15) is 9.65 Å². The SMILES string of the molecule is N#Cc1cnc2ccc(Cl)nc2c1Nc1cccc(Cl)c1F. The predicted molar refractivity (Wildman–Crippen MR) is 84.0 cm³/mol. The predicted octanol–water partition coefficient (Wildman–Crippen LogP) is 4.69. The first-order valence-electron chi connectivity index (χ1n) is 6.16. The van der Waals surface area contributed by atoms with Crippen LogP contribution in [0.25, 0.3) is 11.0 Å². The smallest absolute Gasteiger partial charge is 0.165 e. The largest absolute Gasteiger partial charge is 0.350 e. The number of nitrogens with zero attached hydrogens (tertiary/aromatic N) is 3. The Hall–Kier alpha value is -2.42. The Morgan fingerprint density at radius 1 is 1.18 bits per heavy atom. The van der Waals surface area contributed by atoms with Crippen molar-refractivity contribution in [2.24, 2.45) is 0 Å². The summed E-state index contributed by atoms with van der Waals surface area (Å²) >= 11 is 11.7. The lowest BCUT2D eigenvalue weighted by atomic mass is 10.2. The molecule has 0 amide bonds. The molecule has 0 unspecified atom stereocenters. The number of hydrogen-bond acceptors (Lipinski definition) is 4. The van der Waals surface area contributed by atoms with Crippen LogP contribution in [0.2, 0.25) is 10.2 Å². The molecule has 2 heterocycles. The van der Waals surface area contributed by atoms with E-state index in [1.807, 2.05) is 6.07 Å². The van der Waals surface area contributed by atoms with Crippen LogP contribution in [-0.4, -0.2) is 9.97 Å². The van der Waals surface area contributed by atoms with Crippen LogP contribution in [0.15, 0.2) is 36.5 Å². The summed E-state index contributed by atoms with van der Waals surface area (Å²) in [6.07, 6.45) is 1.39. The van der Waals surface area contributed by atoms with E-state index in [4.69, 9.17) is 23.2 Å². The number of hydrogen-bond donors (Lipinski definition) is 1. The average molecular weight is 333 g/mol. The number of anilines is 2. The van der Waals surface area contributed by atoms with Gasteiger partial charge in [-0.2, -0.15) is 5.26 Å². The second kappa shape index (κ2) is 5.76. The minimum atomic E-state index is -0.611. The maximum Gasteiger partial charge on any atom is 0.165 e. The molecular weight excluding hydrogens is 326 g/mol. The van der Waals surface area contributed by atoms with Crippen molar-refractivity contribution in [2.45, 2.75) is 0 Å². The van der Waals surface area contributed by atoms with E-state index in [1.165, 1.54) is 18.3 Å². The highest BCUT2D eigenvalue weighted by Gasteiger charge is 2.14. The number of nitrogens with one attached hydrogen (secondary N) is 1. The van der Waals surface area contributed by atoms with Gasteiger partial charge in [0.05, 0.1) is 27.5 Å². The molecule has 0 spiro atoms. The lowest BCUT2D eigenvalue weighted by molar-refractivity contribution is 0.632. The third-order valence-electron chi connectivity index (χ3n) is 3.01. The minimum absolute atomic E-state index is 0.0205. The Kier molecular flexibility index (Phi) is 3.80. The second-order valence-corrected chi connectivity index (χ2v) is 5.18. The van der Waals surface area contributed by atoms with Crippen molar-refractivity contribution >= 4 is 45.6 Å². The number of nitriles is 1. The van der Waals surface area contributed by atoms with Gasteiger partial charge in [-0.15, -0.1) is 0 Å². The molecule has 3 rings (SSSR count). The Labute approximate surface area is 135 Å². The lowest BCUT2D eigenvalue weighted by Gasteiger charge is -2.12. The lowest BCUT2D eigenvalue weighted by Crippen LogP contribution is -2.00. The van der Waals surface area contributed by atoms with Crippen LogP contribution in [0.4, 0.5) is 15.8 Å². The van der Waals surface area contributed by atoms with E-state index in [2.05, 4.69) is 15.3 Å². The van der Waals surface area contributed by atoms with Crippen molar-refractivity contribution in [3.05, 3.63) is 58.1 Å². The molecule has 7 heteroatoms. The molecule has 22 heavy (non-hydrogen) atoms. The molecular formula is C15H7Cl2FN4. The fourth-order valence-corrected chi connectivity index (χ4v) is 2.31. The number of rotatable bonds is 2. The first-order valence-corrected chi connectivity index (χ1v) is 6.92. The minimum Gasteiger partial charge on any atom is -0.350 e. The van der Waals surface area contributed by atoms with Gasteiger partial charge in [0.15, 0.2) is 5.82 Å². The summed E-state index contributed by atoms with van der Waals surface area (Å²) < 4.78 is 14.1. The van der Waals surface area contributed by atoms with Gasteiger partial charge < -0.3 is 5.32 Å². The Balaban J connectivity index is 2.22. The molecule has 0 saturated heterocycles. The summed E-state index contributed by atoms with van der Waals surface area (Å²) in [7, 11) is 0. The maximum absolute atomic E-state index is 14.1. The molecule has 0 aliphatic rings. The zero-order valence-electron chi connectivity index (χ0n) is 10.9. The molecule has 4 nitrogen and oxygen atoms in total. The van der Waals surface area contributed by atoms with Crippen molar-refractivity contribution in [3.63, 3.8) is 0 Å². The molecule has 1 N–H and O–H groups in total. The van der Waals surface area contributed by atoms with Gasteiger partial charge in [0.2, 0.25) is 0 Å². The highest BCUT2D eigenvalue weighted by atomic mass is 35.5. The Bertz CT molecular complexity index is 921. The zero-order chi connectivity index (χ0) is 15.7. The summed E-state index contributed by atoms with van der Waals surface area (Å²) in [5, 5.41) is 12.3. The Morgan fingerprint density at radius 3 is 2.77 bits per heavy atom. The van der Waals surface area contributed by atoms with E-state index >= 15 is 0 Å². The molecule has 0 saturated carbocycles. The molecule has 0 aliphatic heterocycles. The summed E-state index contributed by atoms with van der Waals surface area (Å²) in [4.78, 5) is 8.30. The quantitative estimate of drug-likeness (QED) is 0.691. The van der Waals surface area contributed by atoms with Gasteiger partial charge in [-0.1, -0.05) is 29.3 Å². The van der Waals surface area contributed by atoms with Crippen LogP contribution in [0.3, 0.4) is 0 Å². The van der Waals surface area contributed by atoms with E-state index in [0.717, 1.165) is 0 Å². The van der Waals surface area contributed by atoms with Crippen LogP contribution >= 0.6 is 23.2 Å². The third kappa shape index (κ3) is 2.54. The average Bonchev–Trinajstić information content (AvgIpc) is 2.52. The van der Waals surface area contributed by atoms with Gasteiger partial charge >= 0.3 is 0 Å². The normalized spacial score (nSPS) is 10.5. The highest BCUT2D eigenvalue weighted by molar-refractivity contribution is 6.31. The summed E-state index contributed by atoms with van der Waals surface area (Å²) in [5.41, 5.74) is 1.61. The molecule has 0 fully saturated rings. The van der Waals surface area contributed by atoms with Gasteiger partial charge in [-0.25, -0.2) is 9.37 Å². The number of pyridine rings is 2. The van der Waals surface area contributed by atoms with Gasteiger partial charge in [0, 0.05) is 6.20 Å². The molecule has 0 aliphatic carbocycles. The van der Waals surface area contributed by atoms with Crippen molar-refractivity contribution in [3.8, 4) is 6.07 Å². The standard InChI is InChI=1S/C15H7Cl2FN4/c16-9-2-1-3-10(13(9)18)21-14-8(6-19)7-20-11-4-5-12(17)22-15(11)14/h1-5,7H,(H,20,21). The van der Waals surface area contributed by atoms with Gasteiger partial charge in [-0.3, -0.25) is 4.98 Å². The number of aromatic nitrogens is 2. The summed E-state index contributed by atoms with van der Waals surface area (Å²) in [5.74, 6) is -0.611. The van der Waals surface area contributed by atoms with Gasteiger partial charge in [0.25, 0.3) is 0 Å². The van der Waals surface area contributed by atoms with Crippen LogP contribution in [-0.2, 0) is 0 Å². The van der Waals surface area contributed by atoms with E-state index in [0.29, 0.717) is 16.7 Å². The van der Waals surface area contributed by atoms with Crippen LogP contribution in [0.5, 0.6) is 0 Å². The van der Waals surface area contributed by atoms with Crippen molar-refractivity contribution in [1.82, 2.24) is 9.97 Å². The zero-order valence-corrected chi connectivity index (χ0v) is 12.5. The van der Waals surface area contributed by atoms with E-state index in [-0.39, 0.29) is 21.4 Å². The molecule has 2 aromatic heterocycles. The molecule has 0 bridgehead atoms. The fraction of sp³-hybridized carbons (Fsp3) is 0.